The Morgan fingerprint density at radius 1 is 1.42 bits per heavy atom. The second-order valence-corrected chi connectivity index (χ2v) is 3.39. The maximum atomic E-state index is 11.8. The van der Waals surface area contributed by atoms with Crippen molar-refractivity contribution < 1.29 is 13.5 Å². The molecule has 0 bridgehead atoms. The third-order valence-electron chi connectivity index (χ3n) is 1.14. The van der Waals surface area contributed by atoms with Gasteiger partial charge in [-0.3, -0.25) is 0 Å². The third-order valence-corrected chi connectivity index (χ3v) is 2.00. The summed E-state index contributed by atoms with van der Waals surface area (Å²) in [7, 11) is 0. The number of benzene rings is 1. The van der Waals surface area contributed by atoms with E-state index in [9.17, 15) is 8.78 Å². The van der Waals surface area contributed by atoms with Crippen molar-refractivity contribution in [3.05, 3.63) is 22.7 Å². The molecule has 0 fully saturated rings. The number of hydrogen-bond acceptors (Lipinski definition) is 2. The molecule has 5 heteroatoms. The zero-order valence-corrected chi connectivity index (χ0v) is 8.28. The molecule has 1 aromatic carbocycles. The molecule has 0 unspecified atom stereocenters. The lowest BCUT2D eigenvalue weighted by molar-refractivity contribution is -0.0516. The first kappa shape index (κ1) is 9.80. The summed E-state index contributed by atoms with van der Waals surface area (Å²) in [5.74, 6) is 0.0720. The van der Waals surface area contributed by atoms with Crippen LogP contribution >= 0.6 is 28.6 Å². The molecule has 66 valence electrons. The van der Waals surface area contributed by atoms with E-state index in [1.807, 2.05) is 0 Å². The quantitative estimate of drug-likeness (QED) is 0.797. The largest absolute Gasteiger partial charge is 0.434 e. The van der Waals surface area contributed by atoms with Gasteiger partial charge in [-0.25, -0.2) is 0 Å². The van der Waals surface area contributed by atoms with Crippen LogP contribution in [0.2, 0.25) is 0 Å². The topological polar surface area (TPSA) is 9.23 Å². The predicted molar refractivity (Wildman–Crippen MR) is 48.0 cm³/mol. The summed E-state index contributed by atoms with van der Waals surface area (Å²) in [5, 5.41) is 0. The van der Waals surface area contributed by atoms with Gasteiger partial charge in [-0.1, -0.05) is 15.9 Å². The van der Waals surface area contributed by atoms with Gasteiger partial charge >= 0.3 is 6.61 Å². The Bertz CT molecular complexity index is 280. The van der Waals surface area contributed by atoms with E-state index in [1.54, 1.807) is 12.1 Å². The summed E-state index contributed by atoms with van der Waals surface area (Å²) >= 11 is 7.07. The van der Waals surface area contributed by atoms with Gasteiger partial charge in [0.1, 0.15) is 5.75 Å². The molecule has 0 aliphatic heterocycles. The van der Waals surface area contributed by atoms with Gasteiger partial charge in [-0.2, -0.15) is 8.78 Å². The van der Waals surface area contributed by atoms with E-state index in [-0.39, 0.29) is 5.75 Å². The van der Waals surface area contributed by atoms with Crippen molar-refractivity contribution in [2.75, 3.05) is 0 Å². The van der Waals surface area contributed by atoms with Gasteiger partial charge in [0, 0.05) is 9.37 Å². The summed E-state index contributed by atoms with van der Waals surface area (Å²) in [6.45, 7) is -2.81. The van der Waals surface area contributed by atoms with Gasteiger partial charge in [0.2, 0.25) is 0 Å². The van der Waals surface area contributed by atoms with Gasteiger partial charge in [0.05, 0.1) is 0 Å². The van der Waals surface area contributed by atoms with Crippen LogP contribution in [0.3, 0.4) is 0 Å². The first-order chi connectivity index (χ1) is 5.59. The Labute approximate surface area is 82.3 Å². The second kappa shape index (κ2) is 4.09. The van der Waals surface area contributed by atoms with E-state index in [2.05, 4.69) is 33.3 Å². The lowest BCUT2D eigenvalue weighted by Crippen LogP contribution is -2.02. The van der Waals surface area contributed by atoms with Crippen LogP contribution in [0, 0.1) is 0 Å². The highest BCUT2D eigenvalue weighted by Gasteiger charge is 2.07. The van der Waals surface area contributed by atoms with E-state index in [4.69, 9.17) is 0 Å². The highest BCUT2D eigenvalue weighted by atomic mass is 79.9. The summed E-state index contributed by atoms with van der Waals surface area (Å²) in [5.41, 5.74) is 0. The fourth-order valence-electron chi connectivity index (χ4n) is 0.678. The van der Waals surface area contributed by atoms with Crippen molar-refractivity contribution in [3.8, 4) is 5.75 Å². The molecular weight excluding hydrogens is 250 g/mol. The van der Waals surface area contributed by atoms with E-state index >= 15 is 0 Å². The smallest absolute Gasteiger partial charge is 0.387 e. The van der Waals surface area contributed by atoms with Crippen LogP contribution in [0.1, 0.15) is 0 Å². The molecular formula is C7H5BrF2OS. The van der Waals surface area contributed by atoms with Crippen molar-refractivity contribution in [1.29, 1.82) is 0 Å². The highest BCUT2D eigenvalue weighted by Crippen LogP contribution is 2.27. The average Bonchev–Trinajstić information content (AvgIpc) is 1.96. The number of ether oxygens (including phenoxy) is 1. The summed E-state index contributed by atoms with van der Waals surface area (Å²) < 4.78 is 28.4. The molecule has 0 saturated heterocycles. The Balaban J connectivity index is 2.90. The normalized spacial score (nSPS) is 10.4. The monoisotopic (exact) mass is 254 g/mol. The van der Waals surface area contributed by atoms with Crippen molar-refractivity contribution in [1.82, 2.24) is 0 Å². The molecule has 0 radical (unpaired) electrons. The standard InChI is InChI=1S/C7H5BrF2OS/c8-4-1-2-6(12)5(3-4)11-7(9)10/h1-3,7,12H. The summed E-state index contributed by atoms with van der Waals surface area (Å²) in [6.07, 6.45) is 0. The van der Waals surface area contributed by atoms with E-state index in [0.717, 1.165) is 0 Å². The van der Waals surface area contributed by atoms with Crippen LogP contribution in [0.4, 0.5) is 8.78 Å². The van der Waals surface area contributed by atoms with Crippen molar-refractivity contribution in [3.63, 3.8) is 0 Å². The zero-order chi connectivity index (χ0) is 9.14. The highest BCUT2D eigenvalue weighted by molar-refractivity contribution is 9.10. The van der Waals surface area contributed by atoms with Gasteiger partial charge < -0.3 is 4.74 Å². The molecule has 1 aromatic rings. The molecule has 0 spiro atoms. The van der Waals surface area contributed by atoms with Gasteiger partial charge in [0.25, 0.3) is 0 Å². The molecule has 0 saturated carbocycles. The van der Waals surface area contributed by atoms with Crippen molar-refractivity contribution in [2.24, 2.45) is 0 Å². The Kier molecular flexibility index (Phi) is 3.34. The maximum absolute atomic E-state index is 11.8. The van der Waals surface area contributed by atoms with Crippen molar-refractivity contribution in [2.45, 2.75) is 11.5 Å². The molecule has 12 heavy (non-hydrogen) atoms. The number of halogens is 3. The summed E-state index contributed by atoms with van der Waals surface area (Å²) in [4.78, 5) is 0.388. The lowest BCUT2D eigenvalue weighted by Gasteiger charge is -2.06. The van der Waals surface area contributed by atoms with Crippen LogP contribution in [0.25, 0.3) is 0 Å². The number of rotatable bonds is 2. The molecule has 1 rings (SSSR count). The second-order valence-electron chi connectivity index (χ2n) is 1.99. The van der Waals surface area contributed by atoms with Gasteiger partial charge in [0.15, 0.2) is 0 Å². The van der Waals surface area contributed by atoms with E-state index in [1.165, 1.54) is 6.07 Å². The van der Waals surface area contributed by atoms with Gasteiger partial charge in [-0.05, 0) is 18.2 Å². The fourth-order valence-corrected chi connectivity index (χ4v) is 1.21. The first-order valence-electron chi connectivity index (χ1n) is 3.03. The van der Waals surface area contributed by atoms with Gasteiger partial charge in [-0.15, -0.1) is 12.6 Å². The van der Waals surface area contributed by atoms with E-state index in [0.29, 0.717) is 9.37 Å². The molecule has 1 nitrogen and oxygen atoms in total. The summed E-state index contributed by atoms with van der Waals surface area (Å²) in [6, 6.07) is 4.71. The number of alkyl halides is 2. The zero-order valence-electron chi connectivity index (χ0n) is 5.80. The minimum absolute atomic E-state index is 0.0720. The maximum Gasteiger partial charge on any atom is 0.387 e. The number of hydrogen-bond donors (Lipinski definition) is 1. The van der Waals surface area contributed by atoms with E-state index < -0.39 is 6.61 Å². The van der Waals surface area contributed by atoms with Crippen molar-refractivity contribution >= 4 is 28.6 Å². The Morgan fingerprint density at radius 3 is 2.67 bits per heavy atom. The van der Waals surface area contributed by atoms with Crippen LogP contribution in [-0.2, 0) is 0 Å². The molecule has 0 N–H and O–H groups in total. The molecule has 0 heterocycles. The molecule has 0 aliphatic rings. The molecule has 0 atom stereocenters. The predicted octanol–water partition coefficient (Wildman–Crippen LogP) is 3.34. The number of thiol groups is 1. The average molecular weight is 255 g/mol. The fraction of sp³-hybridized carbons (Fsp3) is 0.143. The minimum atomic E-state index is -2.81. The molecule has 0 aliphatic carbocycles. The lowest BCUT2D eigenvalue weighted by atomic mass is 10.3. The third kappa shape index (κ3) is 2.64. The van der Waals surface area contributed by atoms with Crippen LogP contribution < -0.4 is 4.74 Å². The molecule has 0 amide bonds. The SMILES string of the molecule is FC(F)Oc1cc(Br)ccc1S. The first-order valence-corrected chi connectivity index (χ1v) is 4.27. The molecule has 0 aromatic heterocycles. The Morgan fingerprint density at radius 2 is 2.08 bits per heavy atom. The van der Waals surface area contributed by atoms with Crippen LogP contribution in [-0.4, -0.2) is 6.61 Å². The minimum Gasteiger partial charge on any atom is -0.434 e. The van der Waals surface area contributed by atoms with Crippen LogP contribution in [0.15, 0.2) is 27.6 Å². The van der Waals surface area contributed by atoms with Crippen LogP contribution in [0.5, 0.6) is 5.75 Å². The Hall–Kier alpha value is -0.290.